The molecule has 0 atom stereocenters. The maximum atomic E-state index is 10.8. The Morgan fingerprint density at radius 3 is 3.27 bits per heavy atom. The number of hydrogen-bond acceptors (Lipinski definition) is 3. The Bertz CT molecular complexity index is 444. The fraction of sp³-hybridized carbons (Fsp3) is 0. The highest BCUT2D eigenvalue weighted by atomic mass is 32.1. The highest BCUT2D eigenvalue weighted by Gasteiger charge is 1.98. The third-order valence-electron chi connectivity index (χ3n) is 1.38. The van der Waals surface area contributed by atoms with Crippen molar-refractivity contribution in [3.8, 4) is 0 Å². The van der Waals surface area contributed by atoms with Gasteiger partial charge >= 0.3 is 0 Å². The molecule has 5 heteroatoms. The van der Waals surface area contributed by atoms with Crippen LogP contribution in [-0.4, -0.2) is 14.6 Å². The van der Waals surface area contributed by atoms with Crippen molar-refractivity contribution >= 4 is 18.3 Å². The lowest BCUT2D eigenvalue weighted by atomic mass is 10.6. The predicted molar refractivity (Wildman–Crippen MR) is 43.1 cm³/mol. The molecule has 2 aromatic heterocycles. The smallest absolute Gasteiger partial charge is 0.251 e. The van der Waals surface area contributed by atoms with Crippen LogP contribution in [0.25, 0.3) is 5.65 Å². The molecule has 0 bridgehead atoms. The molecule has 0 aliphatic heterocycles. The Morgan fingerprint density at radius 1 is 1.64 bits per heavy atom. The Hall–Kier alpha value is -1.23. The molecule has 11 heavy (non-hydrogen) atoms. The molecule has 0 aliphatic carbocycles. The van der Waals surface area contributed by atoms with Crippen molar-refractivity contribution in [2.24, 2.45) is 0 Å². The average Bonchev–Trinajstić information content (AvgIpc) is 2.33. The zero-order valence-electron chi connectivity index (χ0n) is 5.48. The molecule has 2 heterocycles. The number of nitrogens with zero attached hydrogens (tertiary/aromatic N) is 2. The fourth-order valence-electron chi connectivity index (χ4n) is 0.884. The summed E-state index contributed by atoms with van der Waals surface area (Å²) in [6.45, 7) is 0. The largest absolute Gasteiger partial charge is 0.306 e. The molecule has 0 fully saturated rings. The van der Waals surface area contributed by atoms with Crippen molar-refractivity contribution in [3.05, 3.63) is 28.8 Å². The van der Waals surface area contributed by atoms with Crippen molar-refractivity contribution in [1.29, 1.82) is 0 Å². The summed E-state index contributed by atoms with van der Waals surface area (Å²) in [6.07, 6.45) is 3.17. The van der Waals surface area contributed by atoms with E-state index in [1.54, 1.807) is 16.9 Å². The predicted octanol–water partition coefficient (Wildman–Crippen LogP) is 0.311. The first-order valence-electron chi connectivity index (χ1n) is 3.03. The lowest BCUT2D eigenvalue weighted by Crippen LogP contribution is -2.05. The van der Waals surface area contributed by atoms with E-state index in [4.69, 9.17) is 0 Å². The highest BCUT2D eigenvalue weighted by Crippen LogP contribution is 2.08. The van der Waals surface area contributed by atoms with Gasteiger partial charge in [0.05, 0.1) is 11.1 Å². The summed E-state index contributed by atoms with van der Waals surface area (Å²) in [5.74, 6) is 0. The quantitative estimate of drug-likeness (QED) is 0.555. The Kier molecular flexibility index (Phi) is 1.25. The molecule has 1 N–H and O–H groups in total. The third kappa shape index (κ3) is 0.932. The molecule has 0 spiro atoms. The number of aromatic nitrogens is 3. The van der Waals surface area contributed by atoms with Gasteiger partial charge in [0.15, 0.2) is 0 Å². The van der Waals surface area contributed by atoms with Crippen molar-refractivity contribution < 1.29 is 0 Å². The van der Waals surface area contributed by atoms with Crippen LogP contribution in [-0.2, 0) is 0 Å². The first-order valence-corrected chi connectivity index (χ1v) is 3.48. The van der Waals surface area contributed by atoms with E-state index >= 15 is 0 Å². The minimum absolute atomic E-state index is 0.145. The normalized spacial score (nSPS) is 10.6. The number of H-pyrrole nitrogens is 1. The van der Waals surface area contributed by atoms with Gasteiger partial charge in [-0.1, -0.05) is 0 Å². The highest BCUT2D eigenvalue weighted by molar-refractivity contribution is 7.80. The zero-order chi connectivity index (χ0) is 7.84. The van der Waals surface area contributed by atoms with Crippen LogP contribution in [0, 0.1) is 0 Å². The van der Waals surface area contributed by atoms with Crippen molar-refractivity contribution in [1.82, 2.24) is 14.6 Å². The Labute approximate surface area is 67.3 Å². The van der Waals surface area contributed by atoms with E-state index in [9.17, 15) is 4.79 Å². The van der Waals surface area contributed by atoms with Gasteiger partial charge in [-0.3, -0.25) is 4.79 Å². The molecule has 0 radical (unpaired) electrons. The molecule has 0 aromatic carbocycles. The number of thiol groups is 1. The minimum Gasteiger partial charge on any atom is -0.306 e. The van der Waals surface area contributed by atoms with E-state index in [1.165, 1.54) is 6.07 Å². The Balaban J connectivity index is 2.98. The van der Waals surface area contributed by atoms with Gasteiger partial charge in [0.1, 0.15) is 5.65 Å². The summed E-state index contributed by atoms with van der Waals surface area (Å²) >= 11 is 4.10. The van der Waals surface area contributed by atoms with Gasteiger partial charge in [0.25, 0.3) is 5.56 Å². The van der Waals surface area contributed by atoms with E-state index in [2.05, 4.69) is 22.7 Å². The lowest BCUT2D eigenvalue weighted by Gasteiger charge is -1.89. The molecule has 2 aromatic rings. The number of nitrogens with one attached hydrogen (secondary N) is 1. The van der Waals surface area contributed by atoms with Gasteiger partial charge in [-0.05, 0) is 0 Å². The second kappa shape index (κ2) is 2.13. The van der Waals surface area contributed by atoms with Gasteiger partial charge in [0, 0.05) is 12.3 Å². The van der Waals surface area contributed by atoms with Gasteiger partial charge in [-0.25, -0.2) is 4.52 Å². The van der Waals surface area contributed by atoms with Crippen LogP contribution in [0.5, 0.6) is 0 Å². The Morgan fingerprint density at radius 2 is 2.45 bits per heavy atom. The van der Waals surface area contributed by atoms with Gasteiger partial charge < -0.3 is 4.98 Å². The maximum absolute atomic E-state index is 10.8. The topological polar surface area (TPSA) is 50.2 Å². The van der Waals surface area contributed by atoms with Crippen LogP contribution in [0.1, 0.15) is 0 Å². The second-order valence-corrected chi connectivity index (χ2v) is 2.61. The van der Waals surface area contributed by atoms with E-state index in [-0.39, 0.29) is 5.56 Å². The molecule has 56 valence electrons. The minimum atomic E-state index is -0.145. The maximum Gasteiger partial charge on any atom is 0.251 e. The van der Waals surface area contributed by atoms with E-state index in [0.29, 0.717) is 10.5 Å². The summed E-state index contributed by atoms with van der Waals surface area (Å²) in [4.78, 5) is 14.1. The van der Waals surface area contributed by atoms with Crippen molar-refractivity contribution in [2.75, 3.05) is 0 Å². The summed E-state index contributed by atoms with van der Waals surface area (Å²) in [6, 6.07) is 1.41. The average molecular weight is 167 g/mol. The van der Waals surface area contributed by atoms with Crippen LogP contribution in [0.15, 0.2) is 28.2 Å². The molecule has 0 saturated heterocycles. The molecule has 0 saturated carbocycles. The first kappa shape index (κ1) is 6.48. The first-order chi connectivity index (χ1) is 5.27. The van der Waals surface area contributed by atoms with Crippen LogP contribution in [0.3, 0.4) is 0 Å². The molecule has 4 nitrogen and oxygen atoms in total. The van der Waals surface area contributed by atoms with E-state index in [1.807, 2.05) is 0 Å². The fourth-order valence-corrected chi connectivity index (χ4v) is 1.09. The molecule has 0 aliphatic rings. The molecule has 0 unspecified atom stereocenters. The second-order valence-electron chi connectivity index (χ2n) is 2.13. The third-order valence-corrected chi connectivity index (χ3v) is 1.71. The molecular weight excluding hydrogens is 162 g/mol. The van der Waals surface area contributed by atoms with Crippen LogP contribution < -0.4 is 5.56 Å². The van der Waals surface area contributed by atoms with Crippen LogP contribution >= 0.6 is 12.6 Å². The summed E-state index contributed by atoms with van der Waals surface area (Å²) in [5, 5.41) is 3.93. The summed E-state index contributed by atoms with van der Waals surface area (Å²) in [5.41, 5.74) is 0.481. The monoisotopic (exact) mass is 167 g/mol. The van der Waals surface area contributed by atoms with E-state index in [0.717, 1.165) is 0 Å². The standard InChI is InChI=1S/C6H5N3OS/c10-5-1-2-9-6(8-5)4(11)3-7-9/h1-3,11H,(H,8,10). The number of aromatic amines is 1. The van der Waals surface area contributed by atoms with Crippen LogP contribution in [0.2, 0.25) is 0 Å². The van der Waals surface area contributed by atoms with Gasteiger partial charge in [-0.15, -0.1) is 12.6 Å². The van der Waals surface area contributed by atoms with Crippen molar-refractivity contribution in [3.63, 3.8) is 0 Å². The molecular formula is C6H5N3OS. The summed E-state index contributed by atoms with van der Waals surface area (Å²) < 4.78 is 1.56. The van der Waals surface area contributed by atoms with Gasteiger partial charge in [0.2, 0.25) is 0 Å². The number of rotatable bonds is 0. The number of fused-ring (bicyclic) bond motifs is 1. The van der Waals surface area contributed by atoms with Crippen LogP contribution in [0.4, 0.5) is 0 Å². The molecule has 2 rings (SSSR count). The lowest BCUT2D eigenvalue weighted by molar-refractivity contribution is 0.930. The SMILES string of the molecule is O=c1ccn2ncc(S)c2[nH]1. The van der Waals surface area contributed by atoms with E-state index < -0.39 is 0 Å². The number of hydrogen-bond donors (Lipinski definition) is 2. The summed E-state index contributed by atoms with van der Waals surface area (Å²) in [7, 11) is 0. The van der Waals surface area contributed by atoms with Crippen molar-refractivity contribution in [2.45, 2.75) is 4.90 Å². The molecule has 0 amide bonds. The van der Waals surface area contributed by atoms with Gasteiger partial charge in [-0.2, -0.15) is 5.10 Å². The zero-order valence-corrected chi connectivity index (χ0v) is 6.38.